The summed E-state index contributed by atoms with van der Waals surface area (Å²) >= 11 is 1.01. The normalized spacial score (nSPS) is 11.5. The minimum absolute atomic E-state index is 0.0806. The Balaban J connectivity index is 1.80. The van der Waals surface area contributed by atoms with Crippen molar-refractivity contribution in [2.75, 3.05) is 10.6 Å². The van der Waals surface area contributed by atoms with Crippen LogP contribution in [0.4, 0.5) is 33.2 Å². The van der Waals surface area contributed by atoms with E-state index in [1.165, 1.54) is 24.3 Å². The second-order valence-electron chi connectivity index (χ2n) is 4.73. The fraction of sp³-hybridized carbons (Fsp3) is 0.0667. The number of alkyl halides is 3. The Hall–Kier alpha value is -2.68. The van der Waals surface area contributed by atoms with E-state index in [1.54, 1.807) is 6.07 Å². The Bertz CT molecular complexity index is 907. The van der Waals surface area contributed by atoms with E-state index in [1.807, 2.05) is 0 Å². The molecule has 24 heavy (non-hydrogen) atoms. The van der Waals surface area contributed by atoms with Gasteiger partial charge in [0.1, 0.15) is 11.3 Å². The Labute approximate surface area is 137 Å². The SMILES string of the molecule is O=C(Nc1nc2c(F)cccc2s1)Nc1ccccc1C(F)(F)F. The summed E-state index contributed by atoms with van der Waals surface area (Å²) in [6.45, 7) is 0. The van der Waals surface area contributed by atoms with Gasteiger partial charge in [0.05, 0.1) is 16.0 Å². The third kappa shape index (κ3) is 3.30. The molecular formula is C15H9F4N3OS. The molecule has 0 radical (unpaired) electrons. The molecule has 9 heteroatoms. The molecule has 0 atom stereocenters. The highest BCUT2D eigenvalue weighted by molar-refractivity contribution is 7.22. The first-order valence-corrected chi connectivity index (χ1v) is 7.45. The average Bonchev–Trinajstić information content (AvgIpc) is 2.90. The van der Waals surface area contributed by atoms with Crippen LogP contribution in [-0.2, 0) is 6.18 Å². The molecule has 1 heterocycles. The molecule has 0 aliphatic rings. The lowest BCUT2D eigenvalue weighted by Crippen LogP contribution is -2.21. The molecule has 0 unspecified atom stereocenters. The number of fused-ring (bicyclic) bond motifs is 1. The summed E-state index contributed by atoms with van der Waals surface area (Å²) in [5.41, 5.74) is -1.25. The summed E-state index contributed by atoms with van der Waals surface area (Å²) in [6, 6.07) is 8.05. The van der Waals surface area contributed by atoms with Crippen LogP contribution in [0.5, 0.6) is 0 Å². The lowest BCUT2D eigenvalue weighted by atomic mass is 10.1. The highest BCUT2D eigenvalue weighted by Crippen LogP contribution is 2.34. The number of rotatable bonds is 2. The van der Waals surface area contributed by atoms with Crippen LogP contribution in [0.3, 0.4) is 0 Å². The van der Waals surface area contributed by atoms with Crippen LogP contribution in [0.15, 0.2) is 42.5 Å². The second-order valence-corrected chi connectivity index (χ2v) is 5.76. The van der Waals surface area contributed by atoms with Crippen LogP contribution in [0.1, 0.15) is 5.56 Å². The molecule has 3 rings (SSSR count). The molecule has 2 N–H and O–H groups in total. The van der Waals surface area contributed by atoms with Gasteiger partial charge in [-0.05, 0) is 24.3 Å². The van der Waals surface area contributed by atoms with E-state index < -0.39 is 23.6 Å². The van der Waals surface area contributed by atoms with Crippen molar-refractivity contribution in [1.82, 2.24) is 4.98 Å². The summed E-state index contributed by atoms with van der Waals surface area (Å²) in [5.74, 6) is -0.542. The smallest absolute Gasteiger partial charge is 0.307 e. The maximum Gasteiger partial charge on any atom is 0.418 e. The van der Waals surface area contributed by atoms with Crippen molar-refractivity contribution >= 4 is 38.4 Å². The Kier molecular flexibility index (Phi) is 4.10. The molecule has 0 spiro atoms. The summed E-state index contributed by atoms with van der Waals surface area (Å²) < 4.78 is 52.7. The number of nitrogens with one attached hydrogen (secondary N) is 2. The van der Waals surface area contributed by atoms with Gasteiger partial charge in [-0.15, -0.1) is 0 Å². The maximum absolute atomic E-state index is 13.6. The van der Waals surface area contributed by atoms with E-state index in [-0.39, 0.29) is 16.3 Å². The quantitative estimate of drug-likeness (QED) is 0.629. The number of halogens is 4. The van der Waals surface area contributed by atoms with Gasteiger partial charge in [0, 0.05) is 0 Å². The highest BCUT2D eigenvalue weighted by Gasteiger charge is 2.33. The van der Waals surface area contributed by atoms with Gasteiger partial charge in [0.15, 0.2) is 5.13 Å². The largest absolute Gasteiger partial charge is 0.418 e. The topological polar surface area (TPSA) is 54.0 Å². The van der Waals surface area contributed by atoms with E-state index >= 15 is 0 Å². The number of para-hydroxylation sites is 2. The molecule has 3 aromatic rings. The first-order valence-electron chi connectivity index (χ1n) is 6.64. The molecule has 1 aromatic heterocycles. The number of hydrogen-bond donors (Lipinski definition) is 2. The standard InChI is InChI=1S/C15H9F4N3OS/c16-9-5-3-7-11-12(9)21-14(24-11)22-13(23)20-10-6-2-1-4-8(10)15(17,18)19/h1-7H,(H2,20,21,22,23). The lowest BCUT2D eigenvalue weighted by molar-refractivity contribution is -0.136. The predicted molar refractivity (Wildman–Crippen MR) is 83.7 cm³/mol. The van der Waals surface area contributed by atoms with Gasteiger partial charge in [-0.2, -0.15) is 13.2 Å². The Morgan fingerprint density at radius 3 is 2.50 bits per heavy atom. The van der Waals surface area contributed by atoms with Crippen LogP contribution in [0, 0.1) is 5.82 Å². The molecule has 0 aliphatic heterocycles. The van der Waals surface area contributed by atoms with Crippen LogP contribution in [0.25, 0.3) is 10.2 Å². The summed E-state index contributed by atoms with van der Waals surface area (Å²) in [4.78, 5) is 15.8. The lowest BCUT2D eigenvalue weighted by Gasteiger charge is -2.13. The van der Waals surface area contributed by atoms with Crippen molar-refractivity contribution in [3.05, 3.63) is 53.8 Å². The number of aromatic nitrogens is 1. The predicted octanol–water partition coefficient (Wildman–Crippen LogP) is 5.10. The number of carbonyl (C=O) groups excluding carboxylic acids is 1. The number of urea groups is 1. The first kappa shape index (κ1) is 16.2. The van der Waals surface area contributed by atoms with Gasteiger partial charge in [0.25, 0.3) is 0 Å². The number of nitrogens with zero attached hydrogens (tertiary/aromatic N) is 1. The maximum atomic E-state index is 13.6. The van der Waals surface area contributed by atoms with Gasteiger partial charge >= 0.3 is 12.2 Å². The average molecular weight is 355 g/mol. The molecule has 124 valence electrons. The Morgan fingerprint density at radius 1 is 1.04 bits per heavy atom. The van der Waals surface area contributed by atoms with Gasteiger partial charge < -0.3 is 5.32 Å². The van der Waals surface area contributed by atoms with Crippen LogP contribution < -0.4 is 10.6 Å². The van der Waals surface area contributed by atoms with Crippen molar-refractivity contribution in [3.8, 4) is 0 Å². The number of amides is 2. The molecule has 4 nitrogen and oxygen atoms in total. The zero-order valence-corrected chi connectivity index (χ0v) is 12.6. The number of thiazole rings is 1. The number of carbonyl (C=O) groups is 1. The van der Waals surface area contributed by atoms with Gasteiger partial charge in [0.2, 0.25) is 0 Å². The van der Waals surface area contributed by atoms with E-state index in [4.69, 9.17) is 0 Å². The molecule has 0 fully saturated rings. The van der Waals surface area contributed by atoms with E-state index in [0.717, 1.165) is 23.5 Å². The van der Waals surface area contributed by atoms with Gasteiger partial charge in [-0.25, -0.2) is 14.2 Å². The molecule has 0 saturated heterocycles. The molecule has 2 aromatic carbocycles. The third-order valence-corrected chi connectivity index (χ3v) is 4.01. The van der Waals surface area contributed by atoms with Gasteiger partial charge in [-0.1, -0.05) is 29.5 Å². The summed E-state index contributed by atoms with van der Waals surface area (Å²) in [7, 11) is 0. The first-order chi connectivity index (χ1) is 11.3. The van der Waals surface area contributed by atoms with E-state index in [9.17, 15) is 22.4 Å². The van der Waals surface area contributed by atoms with Crippen molar-refractivity contribution in [2.45, 2.75) is 6.18 Å². The van der Waals surface area contributed by atoms with Crippen molar-refractivity contribution in [3.63, 3.8) is 0 Å². The van der Waals surface area contributed by atoms with Crippen molar-refractivity contribution in [2.24, 2.45) is 0 Å². The van der Waals surface area contributed by atoms with Crippen LogP contribution in [0.2, 0.25) is 0 Å². The minimum Gasteiger partial charge on any atom is -0.307 e. The fourth-order valence-corrected chi connectivity index (χ4v) is 2.93. The molecule has 0 saturated carbocycles. The van der Waals surface area contributed by atoms with E-state index in [0.29, 0.717) is 4.70 Å². The molecule has 2 amide bonds. The number of anilines is 2. The Morgan fingerprint density at radius 2 is 1.79 bits per heavy atom. The fourth-order valence-electron chi connectivity index (χ4n) is 2.06. The van der Waals surface area contributed by atoms with Crippen LogP contribution >= 0.6 is 11.3 Å². The van der Waals surface area contributed by atoms with Crippen LogP contribution in [-0.4, -0.2) is 11.0 Å². The summed E-state index contributed by atoms with van der Waals surface area (Å²) in [5, 5.41) is 4.52. The number of benzene rings is 2. The molecular weight excluding hydrogens is 346 g/mol. The van der Waals surface area contributed by atoms with Gasteiger partial charge in [-0.3, -0.25) is 5.32 Å². The van der Waals surface area contributed by atoms with Crippen molar-refractivity contribution in [1.29, 1.82) is 0 Å². The molecule has 0 aliphatic carbocycles. The zero-order chi connectivity index (χ0) is 17.3. The highest BCUT2D eigenvalue weighted by atomic mass is 32.1. The third-order valence-electron chi connectivity index (χ3n) is 3.07. The monoisotopic (exact) mass is 355 g/mol. The second kappa shape index (κ2) is 6.08. The molecule has 0 bridgehead atoms. The number of hydrogen-bond acceptors (Lipinski definition) is 3. The zero-order valence-electron chi connectivity index (χ0n) is 11.8. The van der Waals surface area contributed by atoms with Crippen molar-refractivity contribution < 1.29 is 22.4 Å². The van der Waals surface area contributed by atoms with E-state index in [2.05, 4.69) is 15.6 Å². The minimum atomic E-state index is -4.59. The summed E-state index contributed by atoms with van der Waals surface area (Å²) in [6.07, 6.45) is -4.59.